The van der Waals surface area contributed by atoms with Gasteiger partial charge in [-0.3, -0.25) is 38.4 Å². The van der Waals surface area contributed by atoms with Crippen molar-refractivity contribution in [3.63, 3.8) is 0 Å². The van der Waals surface area contributed by atoms with Gasteiger partial charge in [-0.2, -0.15) is 0 Å². The summed E-state index contributed by atoms with van der Waals surface area (Å²) < 4.78 is 35.1. The molecule has 1 aliphatic heterocycles. The first kappa shape index (κ1) is 70.7. The van der Waals surface area contributed by atoms with Gasteiger partial charge in [0, 0.05) is 33.6 Å². The number of ether oxygens (including phenoxy) is 6. The van der Waals surface area contributed by atoms with Crippen LogP contribution in [0.4, 0.5) is 0 Å². The lowest BCUT2D eigenvalue weighted by Crippen LogP contribution is -2.67. The van der Waals surface area contributed by atoms with Crippen LogP contribution in [0.25, 0.3) is 0 Å². The average Bonchev–Trinajstić information content (AvgIpc) is 3.37. The van der Waals surface area contributed by atoms with Crippen molar-refractivity contribution in [2.24, 2.45) is 0 Å². The lowest BCUT2D eigenvalue weighted by Gasteiger charge is -2.45. The number of hydrogen-bond acceptors (Lipinski definition) is 14. The van der Waals surface area contributed by atoms with Crippen LogP contribution in [0.15, 0.2) is 0 Å². The van der Waals surface area contributed by atoms with E-state index in [4.69, 9.17) is 28.4 Å². The predicted octanol–water partition coefficient (Wildman–Crippen LogP) is 10.9. The number of amides is 3. The number of carbonyl (C=O) groups is 8. The topological polar surface area (TPSA) is 248 Å². The normalized spacial score (nSPS) is 17.9. The molecule has 0 bridgehead atoms. The Morgan fingerprint density at radius 3 is 1.43 bits per heavy atom. The molecule has 0 saturated carbocycles. The maximum atomic E-state index is 14.3. The standard InChI is InChI=1S/C59H105N3O15/c1-7-10-13-16-19-22-24-27-30-33-36-39-51(66)61-49(58(71)60-42-53(68)69)43-73-59-55(57(75-47(6)65)56(74-46(5)64)50(77-59)44-72-45(4)63)62-52(67)41-48(38-35-32-29-26-21-18-15-12-9-3)76-54(70)40-37-34-31-28-25-23-20-17-14-11-8-2/h48-50,55-57,59H,7-44H2,1-6H3,(H,60,71)(H,61,66)(H,62,67)(H,68,69)/t48-,49+,50-,55-,56-,57-,59-/m1/s1. The molecule has 1 heterocycles. The van der Waals surface area contributed by atoms with Crippen LogP contribution in [-0.2, 0) is 66.8 Å². The van der Waals surface area contributed by atoms with Gasteiger partial charge in [-0.1, -0.05) is 201 Å². The van der Waals surface area contributed by atoms with Crippen LogP contribution in [0.1, 0.15) is 266 Å². The number of nitrogens with one attached hydrogen (secondary N) is 3. The van der Waals surface area contributed by atoms with Gasteiger partial charge < -0.3 is 49.5 Å². The van der Waals surface area contributed by atoms with E-state index in [-0.39, 0.29) is 19.3 Å². The van der Waals surface area contributed by atoms with Crippen molar-refractivity contribution in [1.82, 2.24) is 16.0 Å². The summed E-state index contributed by atoms with van der Waals surface area (Å²) in [6.07, 6.45) is 27.6. The molecule has 7 atom stereocenters. The molecule has 0 spiro atoms. The Labute approximate surface area is 462 Å². The van der Waals surface area contributed by atoms with Gasteiger partial charge in [-0.25, -0.2) is 0 Å². The van der Waals surface area contributed by atoms with Gasteiger partial charge in [-0.15, -0.1) is 0 Å². The van der Waals surface area contributed by atoms with Gasteiger partial charge >= 0.3 is 29.8 Å². The highest BCUT2D eigenvalue weighted by Crippen LogP contribution is 2.29. The molecular weight excluding hydrogens is 991 g/mol. The largest absolute Gasteiger partial charge is 0.480 e. The third-order valence-electron chi connectivity index (χ3n) is 13.9. The van der Waals surface area contributed by atoms with Crippen molar-refractivity contribution >= 4 is 47.6 Å². The van der Waals surface area contributed by atoms with Crippen LogP contribution < -0.4 is 16.0 Å². The minimum absolute atomic E-state index is 0.0888. The van der Waals surface area contributed by atoms with E-state index in [1.165, 1.54) is 109 Å². The molecule has 77 heavy (non-hydrogen) atoms. The molecule has 1 fully saturated rings. The first-order chi connectivity index (χ1) is 37.1. The summed E-state index contributed by atoms with van der Waals surface area (Å²) in [5.74, 6) is -6.10. The minimum atomic E-state index is -1.62. The summed E-state index contributed by atoms with van der Waals surface area (Å²) in [6.45, 7) is 8.08. The highest BCUT2D eigenvalue weighted by atomic mass is 16.7. The van der Waals surface area contributed by atoms with Crippen molar-refractivity contribution < 1.29 is 71.9 Å². The van der Waals surface area contributed by atoms with E-state index in [1.807, 2.05) is 0 Å². The van der Waals surface area contributed by atoms with Gasteiger partial charge in [0.05, 0.1) is 13.0 Å². The third kappa shape index (κ3) is 38.0. The van der Waals surface area contributed by atoms with Crippen LogP contribution in [0.3, 0.4) is 0 Å². The molecule has 1 saturated heterocycles. The lowest BCUT2D eigenvalue weighted by molar-refractivity contribution is -0.278. The van der Waals surface area contributed by atoms with E-state index in [9.17, 15) is 43.5 Å². The number of hydrogen-bond donors (Lipinski definition) is 4. The summed E-state index contributed by atoms with van der Waals surface area (Å²) in [4.78, 5) is 103. The average molecular weight is 1100 g/mol. The molecule has 1 aliphatic rings. The van der Waals surface area contributed by atoms with Crippen LogP contribution in [0, 0.1) is 0 Å². The number of carboxylic acid groups (broad SMARTS) is 1. The number of esters is 4. The highest BCUT2D eigenvalue weighted by molar-refractivity contribution is 5.89. The zero-order valence-electron chi connectivity index (χ0n) is 48.6. The van der Waals surface area contributed by atoms with Gasteiger partial charge in [-0.05, 0) is 25.7 Å². The fraction of sp³-hybridized carbons (Fsp3) is 0.864. The Bertz CT molecular complexity index is 1630. The van der Waals surface area contributed by atoms with Crippen molar-refractivity contribution in [1.29, 1.82) is 0 Å². The Balaban J connectivity index is 3.35. The molecule has 4 N–H and O–H groups in total. The second-order valence-electron chi connectivity index (χ2n) is 21.2. The Morgan fingerprint density at radius 2 is 0.974 bits per heavy atom. The van der Waals surface area contributed by atoms with Gasteiger partial charge in [0.2, 0.25) is 17.7 Å². The lowest BCUT2D eigenvalue weighted by atomic mass is 9.95. The van der Waals surface area contributed by atoms with E-state index in [0.717, 1.165) is 91.4 Å². The predicted molar refractivity (Wildman–Crippen MR) is 295 cm³/mol. The fourth-order valence-corrected chi connectivity index (χ4v) is 9.59. The van der Waals surface area contributed by atoms with Crippen LogP contribution in [0.2, 0.25) is 0 Å². The summed E-state index contributed by atoms with van der Waals surface area (Å²) in [7, 11) is 0. The van der Waals surface area contributed by atoms with Crippen LogP contribution >= 0.6 is 0 Å². The first-order valence-electron chi connectivity index (χ1n) is 30.1. The molecule has 0 radical (unpaired) electrons. The summed E-state index contributed by atoms with van der Waals surface area (Å²) >= 11 is 0. The zero-order chi connectivity index (χ0) is 56.9. The van der Waals surface area contributed by atoms with Gasteiger partial charge in [0.1, 0.15) is 37.4 Å². The van der Waals surface area contributed by atoms with Crippen molar-refractivity contribution in [2.75, 3.05) is 19.8 Å². The summed E-state index contributed by atoms with van der Waals surface area (Å²) in [5, 5.41) is 17.1. The maximum Gasteiger partial charge on any atom is 0.322 e. The van der Waals surface area contributed by atoms with Crippen molar-refractivity contribution in [3.8, 4) is 0 Å². The Kier molecular flexibility index (Phi) is 42.8. The zero-order valence-corrected chi connectivity index (χ0v) is 48.6. The number of unbranched alkanes of at least 4 members (excludes halogenated alkanes) is 28. The van der Waals surface area contributed by atoms with Crippen molar-refractivity contribution in [3.05, 3.63) is 0 Å². The molecule has 446 valence electrons. The number of carboxylic acids is 1. The third-order valence-corrected chi connectivity index (χ3v) is 13.9. The molecule has 0 aromatic carbocycles. The van der Waals surface area contributed by atoms with Gasteiger partial charge in [0.25, 0.3) is 0 Å². The molecule has 3 amide bonds. The van der Waals surface area contributed by atoms with E-state index in [0.29, 0.717) is 25.7 Å². The quantitative estimate of drug-likeness (QED) is 0.0251. The molecule has 0 aromatic heterocycles. The maximum absolute atomic E-state index is 14.3. The van der Waals surface area contributed by atoms with Crippen LogP contribution in [-0.4, -0.2) is 115 Å². The molecule has 0 aromatic rings. The summed E-state index contributed by atoms with van der Waals surface area (Å²) in [5.41, 5.74) is 0. The summed E-state index contributed by atoms with van der Waals surface area (Å²) in [6, 6.07) is -2.92. The second kappa shape index (κ2) is 46.6. The molecule has 18 nitrogen and oxygen atoms in total. The first-order valence-corrected chi connectivity index (χ1v) is 30.1. The van der Waals surface area contributed by atoms with Crippen LogP contribution in [0.5, 0.6) is 0 Å². The molecule has 1 rings (SSSR count). The number of carbonyl (C=O) groups excluding carboxylic acids is 7. The molecule has 18 heteroatoms. The van der Waals surface area contributed by atoms with E-state index in [2.05, 4.69) is 36.7 Å². The smallest absolute Gasteiger partial charge is 0.322 e. The van der Waals surface area contributed by atoms with Crippen molar-refractivity contribution in [2.45, 2.75) is 309 Å². The Hall–Kier alpha value is -4.32. The number of aliphatic carboxylic acids is 1. The minimum Gasteiger partial charge on any atom is -0.480 e. The monoisotopic (exact) mass is 1100 g/mol. The fourth-order valence-electron chi connectivity index (χ4n) is 9.59. The SMILES string of the molecule is CCCCCCCCCCCCCC(=O)N[C@@H](CO[C@@H]1O[C@H](COC(C)=O)[C@@H](OC(C)=O)[C@H](OC(C)=O)[C@H]1NC(=O)C[C@@H](CCCCCCCCCCC)OC(=O)CCCCCCCCCCCCC)C(=O)NCC(=O)O. The second-order valence-corrected chi connectivity index (χ2v) is 21.2. The van der Waals surface area contributed by atoms with E-state index >= 15 is 0 Å². The van der Waals surface area contributed by atoms with E-state index < -0.39 is 110 Å². The highest BCUT2D eigenvalue weighted by Gasteiger charge is 2.52. The Morgan fingerprint density at radius 1 is 0.532 bits per heavy atom. The number of rotatable bonds is 49. The molecule has 0 unspecified atom stereocenters. The molecular formula is C59H105N3O15. The molecule has 0 aliphatic carbocycles. The van der Waals surface area contributed by atoms with E-state index in [1.54, 1.807) is 0 Å². The van der Waals surface area contributed by atoms with Gasteiger partial charge in [0.15, 0.2) is 18.5 Å².